The van der Waals surface area contributed by atoms with E-state index in [2.05, 4.69) is 4.74 Å². The second-order valence-electron chi connectivity index (χ2n) is 2.84. The van der Waals surface area contributed by atoms with Gasteiger partial charge in [0.15, 0.2) is 17.5 Å². The maximum Gasteiger partial charge on any atom is 0.344 e. The normalized spacial score (nSPS) is 9.88. The third kappa shape index (κ3) is 2.19. The van der Waals surface area contributed by atoms with Gasteiger partial charge in [0.2, 0.25) is 0 Å². The van der Waals surface area contributed by atoms with E-state index in [0.29, 0.717) is 0 Å². The number of benzene rings is 1. The van der Waals surface area contributed by atoms with E-state index in [9.17, 15) is 18.0 Å². The molecular weight excluding hydrogens is 259 g/mol. The molecule has 1 aromatic carbocycles. The standard InChI is InChI=1S/C10H5ClF3NO2/c1-2-17-10(16)5-7(12)4(3-15)8(13)6(11)9(5)14/h2H2,1H3. The number of hydrogen-bond acceptors (Lipinski definition) is 3. The van der Waals surface area contributed by atoms with Crippen LogP contribution >= 0.6 is 11.6 Å². The first-order valence-corrected chi connectivity index (χ1v) is 4.76. The molecule has 17 heavy (non-hydrogen) atoms. The maximum absolute atomic E-state index is 13.5. The van der Waals surface area contributed by atoms with Gasteiger partial charge in [-0.1, -0.05) is 11.6 Å². The van der Waals surface area contributed by atoms with E-state index in [1.165, 1.54) is 6.92 Å². The summed E-state index contributed by atoms with van der Waals surface area (Å²) in [5, 5.41) is 7.37. The van der Waals surface area contributed by atoms with Crippen LogP contribution in [0.1, 0.15) is 22.8 Å². The first kappa shape index (κ1) is 13.3. The number of esters is 1. The number of ether oxygens (including phenoxy) is 1. The SMILES string of the molecule is CCOC(=O)c1c(F)c(Cl)c(F)c(C#N)c1F. The quantitative estimate of drug-likeness (QED) is 0.468. The lowest BCUT2D eigenvalue weighted by Crippen LogP contribution is -2.13. The summed E-state index contributed by atoms with van der Waals surface area (Å²) < 4.78 is 44.4. The highest BCUT2D eigenvalue weighted by Crippen LogP contribution is 2.28. The molecule has 0 heterocycles. The van der Waals surface area contributed by atoms with Crippen LogP contribution in [0.3, 0.4) is 0 Å². The van der Waals surface area contributed by atoms with Gasteiger partial charge >= 0.3 is 5.97 Å². The summed E-state index contributed by atoms with van der Waals surface area (Å²) in [6.45, 7) is 1.29. The average Bonchev–Trinajstić information content (AvgIpc) is 2.27. The Labute approximate surface area is 99.4 Å². The molecule has 0 atom stereocenters. The molecule has 7 heteroatoms. The lowest BCUT2D eigenvalue weighted by Gasteiger charge is -2.08. The summed E-state index contributed by atoms with van der Waals surface area (Å²) >= 11 is 5.21. The van der Waals surface area contributed by atoms with Crippen LogP contribution in [0.25, 0.3) is 0 Å². The molecule has 1 rings (SSSR count). The minimum Gasteiger partial charge on any atom is -0.462 e. The summed E-state index contributed by atoms with van der Waals surface area (Å²) in [7, 11) is 0. The number of rotatable bonds is 2. The third-order valence-electron chi connectivity index (χ3n) is 1.85. The predicted molar refractivity (Wildman–Crippen MR) is 52.0 cm³/mol. The van der Waals surface area contributed by atoms with Crippen LogP contribution in [0.15, 0.2) is 0 Å². The zero-order valence-corrected chi connectivity index (χ0v) is 9.24. The number of hydrogen-bond donors (Lipinski definition) is 0. The van der Waals surface area contributed by atoms with E-state index in [4.69, 9.17) is 16.9 Å². The van der Waals surface area contributed by atoms with Crippen LogP contribution in [0.4, 0.5) is 13.2 Å². The van der Waals surface area contributed by atoms with Crippen molar-refractivity contribution in [2.24, 2.45) is 0 Å². The van der Waals surface area contributed by atoms with Crippen molar-refractivity contribution in [1.29, 1.82) is 5.26 Å². The number of carbonyl (C=O) groups excluding carboxylic acids is 1. The highest BCUT2D eigenvalue weighted by atomic mass is 35.5. The molecule has 0 aliphatic rings. The van der Waals surface area contributed by atoms with Gasteiger partial charge in [-0.25, -0.2) is 18.0 Å². The van der Waals surface area contributed by atoms with Gasteiger partial charge in [-0.2, -0.15) is 5.26 Å². The molecule has 0 radical (unpaired) electrons. The lowest BCUT2D eigenvalue weighted by atomic mass is 10.1. The summed E-state index contributed by atoms with van der Waals surface area (Å²) in [5.41, 5.74) is -2.30. The first-order valence-electron chi connectivity index (χ1n) is 4.38. The molecule has 0 spiro atoms. The second-order valence-corrected chi connectivity index (χ2v) is 3.22. The van der Waals surface area contributed by atoms with Gasteiger partial charge in [0.05, 0.1) is 6.61 Å². The van der Waals surface area contributed by atoms with Gasteiger partial charge in [-0.3, -0.25) is 0 Å². The van der Waals surface area contributed by atoms with Crippen LogP contribution in [0.2, 0.25) is 5.02 Å². The fourth-order valence-corrected chi connectivity index (χ4v) is 1.30. The van der Waals surface area contributed by atoms with Crippen molar-refractivity contribution in [2.45, 2.75) is 6.92 Å². The molecule has 0 saturated heterocycles. The van der Waals surface area contributed by atoms with E-state index in [-0.39, 0.29) is 6.61 Å². The van der Waals surface area contributed by atoms with Crippen LogP contribution in [-0.4, -0.2) is 12.6 Å². The van der Waals surface area contributed by atoms with Crippen LogP contribution in [-0.2, 0) is 4.74 Å². The van der Waals surface area contributed by atoms with E-state index in [1.807, 2.05) is 0 Å². The van der Waals surface area contributed by atoms with E-state index in [0.717, 1.165) is 6.07 Å². The second kappa shape index (κ2) is 5.06. The molecule has 0 aromatic heterocycles. The number of carbonyl (C=O) groups is 1. The van der Waals surface area contributed by atoms with Crippen LogP contribution in [0, 0.1) is 28.8 Å². The minimum atomic E-state index is -1.62. The Balaban J connectivity index is 3.57. The Kier molecular flexibility index (Phi) is 3.97. The molecule has 0 bridgehead atoms. The molecule has 0 amide bonds. The van der Waals surface area contributed by atoms with Crippen molar-refractivity contribution in [3.05, 3.63) is 33.6 Å². The fourth-order valence-electron chi connectivity index (χ4n) is 1.11. The largest absolute Gasteiger partial charge is 0.462 e. The molecule has 0 aliphatic heterocycles. The Morgan fingerprint density at radius 3 is 2.41 bits per heavy atom. The van der Waals surface area contributed by atoms with Gasteiger partial charge in [-0.15, -0.1) is 0 Å². The molecule has 0 aliphatic carbocycles. The summed E-state index contributed by atoms with van der Waals surface area (Å²) in [5.74, 6) is -6.09. The van der Waals surface area contributed by atoms with Crippen molar-refractivity contribution in [3.8, 4) is 6.07 Å². The topological polar surface area (TPSA) is 50.1 Å². The van der Waals surface area contributed by atoms with Crippen molar-refractivity contribution >= 4 is 17.6 Å². The maximum atomic E-state index is 13.5. The molecule has 0 unspecified atom stereocenters. The monoisotopic (exact) mass is 263 g/mol. The van der Waals surface area contributed by atoms with Crippen molar-refractivity contribution < 1.29 is 22.7 Å². The fraction of sp³-hybridized carbons (Fsp3) is 0.200. The molecule has 90 valence electrons. The lowest BCUT2D eigenvalue weighted by molar-refractivity contribution is 0.0515. The summed E-state index contributed by atoms with van der Waals surface area (Å²) in [6.07, 6.45) is 0. The predicted octanol–water partition coefficient (Wildman–Crippen LogP) is 2.81. The number of nitrogens with zero attached hydrogens (tertiary/aromatic N) is 1. The van der Waals surface area contributed by atoms with Crippen LogP contribution in [0.5, 0.6) is 0 Å². The van der Waals surface area contributed by atoms with Crippen molar-refractivity contribution in [2.75, 3.05) is 6.61 Å². The molecule has 0 fully saturated rings. The van der Waals surface area contributed by atoms with Gasteiger partial charge in [0, 0.05) is 0 Å². The highest BCUT2D eigenvalue weighted by molar-refractivity contribution is 6.31. The van der Waals surface area contributed by atoms with Gasteiger partial charge in [-0.05, 0) is 6.92 Å². The van der Waals surface area contributed by atoms with Gasteiger partial charge in [0.1, 0.15) is 22.2 Å². The Bertz CT molecular complexity index is 526. The summed E-state index contributed by atoms with van der Waals surface area (Å²) in [6, 6.07) is 1.16. The Hall–Kier alpha value is -1.74. The highest BCUT2D eigenvalue weighted by Gasteiger charge is 2.29. The number of halogens is 4. The zero-order valence-electron chi connectivity index (χ0n) is 8.48. The number of nitriles is 1. The van der Waals surface area contributed by atoms with Gasteiger partial charge in [0.25, 0.3) is 0 Å². The molecule has 3 nitrogen and oxygen atoms in total. The van der Waals surface area contributed by atoms with E-state index in [1.54, 1.807) is 0 Å². The Morgan fingerprint density at radius 1 is 1.35 bits per heavy atom. The third-order valence-corrected chi connectivity index (χ3v) is 2.19. The van der Waals surface area contributed by atoms with E-state index < -0.39 is 39.6 Å². The van der Waals surface area contributed by atoms with Crippen molar-refractivity contribution in [3.63, 3.8) is 0 Å². The minimum absolute atomic E-state index is 0.130. The van der Waals surface area contributed by atoms with Crippen LogP contribution < -0.4 is 0 Å². The zero-order chi connectivity index (χ0) is 13.2. The molecule has 1 aromatic rings. The van der Waals surface area contributed by atoms with Crippen molar-refractivity contribution in [1.82, 2.24) is 0 Å². The first-order chi connectivity index (χ1) is 7.95. The molecule has 0 N–H and O–H groups in total. The Morgan fingerprint density at radius 2 is 1.94 bits per heavy atom. The molecular formula is C10H5ClF3NO2. The van der Waals surface area contributed by atoms with E-state index >= 15 is 0 Å². The summed E-state index contributed by atoms with van der Waals surface area (Å²) in [4.78, 5) is 11.2. The molecule has 0 saturated carbocycles. The smallest absolute Gasteiger partial charge is 0.344 e. The average molecular weight is 264 g/mol. The van der Waals surface area contributed by atoms with Gasteiger partial charge < -0.3 is 4.74 Å².